The molecule has 0 rings (SSSR count). The Balaban J connectivity index is 4.25. The molecule has 2 amide bonds. The van der Waals surface area contributed by atoms with Crippen LogP contribution in [0.4, 0.5) is 0 Å². The summed E-state index contributed by atoms with van der Waals surface area (Å²) in [4.78, 5) is 21.7. The molecule has 68 valence electrons. The number of primary amides is 1. The minimum Gasteiger partial charge on any atom is -0.368 e. The first-order valence-electron chi connectivity index (χ1n) is 3.65. The third-order valence-electron chi connectivity index (χ3n) is 1.37. The molecule has 12 heavy (non-hydrogen) atoms. The lowest BCUT2D eigenvalue weighted by atomic mass is 10.1. The van der Waals surface area contributed by atoms with E-state index in [4.69, 9.17) is 5.73 Å². The van der Waals surface area contributed by atoms with Crippen LogP contribution in [0.2, 0.25) is 0 Å². The number of hydrogen-bond acceptors (Lipinski definition) is 2. The molecule has 0 bridgehead atoms. The van der Waals surface area contributed by atoms with E-state index in [0.717, 1.165) is 0 Å². The van der Waals surface area contributed by atoms with Gasteiger partial charge in [-0.1, -0.05) is 6.08 Å². The summed E-state index contributed by atoms with van der Waals surface area (Å²) in [5.74, 6) is -0.873. The summed E-state index contributed by atoms with van der Waals surface area (Å²) in [7, 11) is 0. The van der Waals surface area contributed by atoms with E-state index >= 15 is 0 Å². The van der Waals surface area contributed by atoms with Gasteiger partial charge in [0.25, 0.3) is 0 Å². The molecule has 0 unspecified atom stereocenters. The van der Waals surface area contributed by atoms with Crippen molar-refractivity contribution in [2.24, 2.45) is 5.73 Å². The molecule has 0 aromatic rings. The van der Waals surface area contributed by atoms with Crippen LogP contribution in [0, 0.1) is 0 Å². The maximum atomic E-state index is 11.0. The second-order valence-electron chi connectivity index (χ2n) is 2.98. The Labute approximate surface area is 71.8 Å². The van der Waals surface area contributed by atoms with Crippen LogP contribution in [0.25, 0.3) is 0 Å². The van der Waals surface area contributed by atoms with Crippen molar-refractivity contribution in [1.82, 2.24) is 5.32 Å². The molecule has 3 N–H and O–H groups in total. The highest BCUT2D eigenvalue weighted by Gasteiger charge is 2.25. The van der Waals surface area contributed by atoms with Crippen LogP contribution in [0.15, 0.2) is 12.2 Å². The molecule has 0 saturated heterocycles. The third kappa shape index (κ3) is 3.18. The van der Waals surface area contributed by atoms with E-state index < -0.39 is 11.4 Å². The lowest BCUT2D eigenvalue weighted by Gasteiger charge is -2.20. The van der Waals surface area contributed by atoms with Gasteiger partial charge in [-0.05, 0) is 26.8 Å². The quantitative estimate of drug-likeness (QED) is 0.582. The summed E-state index contributed by atoms with van der Waals surface area (Å²) >= 11 is 0. The summed E-state index contributed by atoms with van der Waals surface area (Å²) in [6, 6.07) is 0. The van der Waals surface area contributed by atoms with Crippen molar-refractivity contribution in [2.75, 3.05) is 0 Å². The smallest absolute Gasteiger partial charge is 0.244 e. The van der Waals surface area contributed by atoms with E-state index in [1.165, 1.54) is 6.08 Å². The van der Waals surface area contributed by atoms with Crippen molar-refractivity contribution < 1.29 is 9.59 Å². The van der Waals surface area contributed by atoms with Crippen molar-refractivity contribution in [3.8, 4) is 0 Å². The molecule has 0 radical (unpaired) electrons. The van der Waals surface area contributed by atoms with Gasteiger partial charge in [-0.3, -0.25) is 9.59 Å². The van der Waals surface area contributed by atoms with Crippen LogP contribution in [0.5, 0.6) is 0 Å². The summed E-state index contributed by atoms with van der Waals surface area (Å²) < 4.78 is 0. The zero-order chi connectivity index (χ0) is 9.78. The molecule has 0 saturated carbocycles. The van der Waals surface area contributed by atoms with E-state index in [9.17, 15) is 9.59 Å². The molecule has 0 aliphatic carbocycles. The number of rotatable bonds is 3. The maximum Gasteiger partial charge on any atom is 0.244 e. The molecule has 0 fully saturated rings. The predicted molar refractivity (Wildman–Crippen MR) is 46.2 cm³/mol. The van der Waals surface area contributed by atoms with Gasteiger partial charge in [-0.2, -0.15) is 0 Å². The second kappa shape index (κ2) is 3.90. The van der Waals surface area contributed by atoms with E-state index in [-0.39, 0.29) is 5.91 Å². The Kier molecular flexibility index (Phi) is 3.47. The highest BCUT2D eigenvalue weighted by molar-refractivity contribution is 5.94. The Morgan fingerprint density at radius 2 is 1.92 bits per heavy atom. The van der Waals surface area contributed by atoms with E-state index in [2.05, 4.69) is 5.32 Å². The first-order valence-corrected chi connectivity index (χ1v) is 3.65. The number of allylic oxidation sites excluding steroid dienone is 1. The molecule has 0 atom stereocenters. The minimum atomic E-state index is -0.989. The topological polar surface area (TPSA) is 72.2 Å². The van der Waals surface area contributed by atoms with Crippen LogP contribution in [0.1, 0.15) is 20.8 Å². The molecule has 4 nitrogen and oxygen atoms in total. The molecule has 4 heteroatoms. The zero-order valence-corrected chi connectivity index (χ0v) is 7.55. The lowest BCUT2D eigenvalue weighted by Crippen LogP contribution is -2.52. The highest BCUT2D eigenvalue weighted by atomic mass is 16.2. The van der Waals surface area contributed by atoms with E-state index in [1.54, 1.807) is 26.8 Å². The second-order valence-corrected chi connectivity index (χ2v) is 2.98. The molecule has 0 aromatic carbocycles. The number of carbonyl (C=O) groups is 2. The number of nitrogens with one attached hydrogen (secondary N) is 1. The molecule has 0 aliphatic heterocycles. The Morgan fingerprint density at radius 3 is 2.25 bits per heavy atom. The monoisotopic (exact) mass is 170 g/mol. The van der Waals surface area contributed by atoms with Gasteiger partial charge in [-0.25, -0.2) is 0 Å². The number of nitrogens with two attached hydrogens (primary N) is 1. The van der Waals surface area contributed by atoms with Crippen molar-refractivity contribution in [3.05, 3.63) is 12.2 Å². The summed E-state index contributed by atoms with van der Waals surface area (Å²) in [5.41, 5.74) is 4.05. The van der Waals surface area contributed by atoms with Crippen LogP contribution >= 0.6 is 0 Å². The molecule has 0 spiro atoms. The average molecular weight is 170 g/mol. The average Bonchev–Trinajstić information content (AvgIpc) is 1.85. The molecule has 0 aliphatic rings. The fraction of sp³-hybridized carbons (Fsp3) is 0.500. The van der Waals surface area contributed by atoms with Gasteiger partial charge >= 0.3 is 0 Å². The summed E-state index contributed by atoms with van der Waals surface area (Å²) in [6.07, 6.45) is 2.93. The molecular weight excluding hydrogens is 156 g/mol. The van der Waals surface area contributed by atoms with Gasteiger partial charge in [-0.15, -0.1) is 0 Å². The van der Waals surface area contributed by atoms with Gasteiger partial charge < -0.3 is 11.1 Å². The predicted octanol–water partition coefficient (Wildman–Crippen LogP) is -0.0574. The largest absolute Gasteiger partial charge is 0.368 e. The van der Waals surface area contributed by atoms with Gasteiger partial charge in [0.05, 0.1) is 0 Å². The van der Waals surface area contributed by atoms with Crippen LogP contribution in [-0.4, -0.2) is 17.4 Å². The van der Waals surface area contributed by atoms with Crippen LogP contribution in [-0.2, 0) is 9.59 Å². The van der Waals surface area contributed by atoms with Gasteiger partial charge in [0.1, 0.15) is 5.54 Å². The van der Waals surface area contributed by atoms with Crippen molar-refractivity contribution in [3.63, 3.8) is 0 Å². The fourth-order valence-corrected chi connectivity index (χ4v) is 0.563. The summed E-state index contributed by atoms with van der Waals surface area (Å²) in [6.45, 7) is 4.82. The normalized spacial score (nSPS) is 11.6. The molecule has 0 aromatic heterocycles. The standard InChI is InChI=1S/C8H14N2O2/c1-4-5-6(11)10-8(2,3)7(9)12/h4-5H,1-3H3,(H2,9,12)(H,10,11)/b5-4+. The first kappa shape index (κ1) is 10.7. The van der Waals surface area contributed by atoms with Crippen LogP contribution in [0.3, 0.4) is 0 Å². The third-order valence-corrected chi connectivity index (χ3v) is 1.37. The Hall–Kier alpha value is -1.32. The molecular formula is C8H14N2O2. The summed E-state index contributed by atoms with van der Waals surface area (Å²) in [5, 5.41) is 2.46. The first-order chi connectivity index (χ1) is 5.40. The number of amides is 2. The van der Waals surface area contributed by atoms with Gasteiger partial charge in [0.2, 0.25) is 11.8 Å². The van der Waals surface area contributed by atoms with Crippen molar-refractivity contribution in [2.45, 2.75) is 26.3 Å². The highest BCUT2D eigenvalue weighted by Crippen LogP contribution is 1.99. The Bertz CT molecular complexity index is 219. The van der Waals surface area contributed by atoms with Gasteiger partial charge in [0.15, 0.2) is 0 Å². The lowest BCUT2D eigenvalue weighted by molar-refractivity contribution is -0.128. The number of carbonyl (C=O) groups excluding carboxylic acids is 2. The minimum absolute atomic E-state index is 0.318. The zero-order valence-electron chi connectivity index (χ0n) is 7.55. The van der Waals surface area contributed by atoms with Crippen molar-refractivity contribution >= 4 is 11.8 Å². The maximum absolute atomic E-state index is 11.0. The van der Waals surface area contributed by atoms with Crippen molar-refractivity contribution in [1.29, 1.82) is 0 Å². The Morgan fingerprint density at radius 1 is 1.42 bits per heavy atom. The fourth-order valence-electron chi connectivity index (χ4n) is 0.563. The number of hydrogen-bond donors (Lipinski definition) is 2. The van der Waals surface area contributed by atoms with Crippen LogP contribution < -0.4 is 11.1 Å². The van der Waals surface area contributed by atoms with E-state index in [0.29, 0.717) is 0 Å². The SMILES string of the molecule is C/C=C/C(=O)NC(C)(C)C(N)=O. The molecule has 0 heterocycles. The van der Waals surface area contributed by atoms with Gasteiger partial charge in [0, 0.05) is 0 Å². The van der Waals surface area contributed by atoms with E-state index in [1.807, 2.05) is 0 Å².